The highest BCUT2D eigenvalue weighted by atomic mass is 16.7. The highest BCUT2D eigenvalue weighted by Crippen LogP contribution is 2.30. The second-order valence-corrected chi connectivity index (χ2v) is 9.71. The van der Waals surface area contributed by atoms with Crippen molar-refractivity contribution in [3.8, 4) is 0 Å². The van der Waals surface area contributed by atoms with Gasteiger partial charge in [-0.15, -0.1) is 0 Å². The Hall–Kier alpha value is -0.610. The molecule has 5 atom stereocenters. The molecule has 0 bridgehead atoms. The molecule has 1 unspecified atom stereocenters. The predicted octanol–water partition coefficient (Wildman–Crippen LogP) is 2.83. The van der Waals surface area contributed by atoms with Crippen LogP contribution < -0.4 is 5.32 Å². The number of carbonyl (C=O) groups is 1. The van der Waals surface area contributed by atoms with Crippen molar-refractivity contribution < 1.29 is 34.7 Å². The number of aliphatic hydroxyl groups excluding tert-OH is 3. The van der Waals surface area contributed by atoms with Crippen LogP contribution in [0.4, 0.5) is 0 Å². The lowest BCUT2D eigenvalue weighted by molar-refractivity contribution is -0.302. The van der Waals surface area contributed by atoms with E-state index >= 15 is 0 Å². The molecule has 202 valence electrons. The number of ether oxygens (including phenoxy) is 2. The van der Waals surface area contributed by atoms with Crippen molar-refractivity contribution in [3.05, 3.63) is 0 Å². The van der Waals surface area contributed by atoms with Crippen LogP contribution in [0.2, 0.25) is 0 Å². The zero-order valence-corrected chi connectivity index (χ0v) is 21.6. The van der Waals surface area contributed by atoms with Crippen LogP contribution in [-0.4, -0.2) is 83.2 Å². The highest BCUT2D eigenvalue weighted by molar-refractivity contribution is 5.86. The van der Waals surface area contributed by atoms with Gasteiger partial charge < -0.3 is 35.2 Å². The number of Topliss-reactive ketones (excluding diaryl/α,β-unsaturated/α-hetero) is 1. The minimum atomic E-state index is -2.30. The maximum atomic E-state index is 12.9. The maximum absolute atomic E-state index is 12.9. The minimum Gasteiger partial charge on any atom is -0.394 e. The number of unbranched alkanes of at least 4 members (excludes halogenated alkanes) is 12. The Bertz CT molecular complexity index is 521. The first-order valence-corrected chi connectivity index (χ1v) is 13.5. The van der Waals surface area contributed by atoms with Gasteiger partial charge in [0.25, 0.3) is 0 Å². The minimum absolute atomic E-state index is 0.117. The zero-order chi connectivity index (χ0) is 25.2. The molecule has 1 aliphatic rings. The molecule has 0 radical (unpaired) electrons. The molecule has 34 heavy (non-hydrogen) atoms. The third kappa shape index (κ3) is 11.0. The van der Waals surface area contributed by atoms with Crippen LogP contribution in [0, 0.1) is 0 Å². The van der Waals surface area contributed by atoms with Gasteiger partial charge in [0.2, 0.25) is 5.79 Å². The van der Waals surface area contributed by atoms with E-state index in [0.29, 0.717) is 26.0 Å². The Labute approximate surface area is 206 Å². The molecule has 1 fully saturated rings. The normalized spacial score (nSPS) is 27.2. The maximum Gasteiger partial charge on any atom is 0.245 e. The molecular formula is C26H51NO7. The van der Waals surface area contributed by atoms with Gasteiger partial charge >= 0.3 is 0 Å². The number of methoxy groups -OCH3 is 1. The number of hydrogen-bond acceptors (Lipinski definition) is 8. The standard InChI is InChI=1S/C26H51NO7/c1-3-4-5-6-7-8-9-10-11-12-13-14-15-17-22(29)26(32)25(27-18-16-19-33-2)24(31)23(30)21(20-28)34-26/h21,23-25,27-28,30-32H,3-20H2,1-2H3/t21-,23-,24+,25-,26?/m1/s1. The third-order valence-electron chi connectivity index (χ3n) is 6.80. The van der Waals surface area contributed by atoms with Gasteiger partial charge in [0, 0.05) is 20.1 Å². The second-order valence-electron chi connectivity index (χ2n) is 9.71. The van der Waals surface area contributed by atoms with Crippen LogP contribution in [0.25, 0.3) is 0 Å². The molecule has 0 aromatic heterocycles. The third-order valence-corrected chi connectivity index (χ3v) is 6.80. The first kappa shape index (κ1) is 31.4. The number of rotatable bonds is 21. The fourth-order valence-electron chi connectivity index (χ4n) is 4.62. The van der Waals surface area contributed by atoms with Gasteiger partial charge in [0.1, 0.15) is 18.3 Å². The van der Waals surface area contributed by atoms with Crippen LogP contribution in [0.1, 0.15) is 103 Å². The lowest BCUT2D eigenvalue weighted by Gasteiger charge is -2.47. The fourth-order valence-corrected chi connectivity index (χ4v) is 4.62. The Morgan fingerprint density at radius 2 is 1.41 bits per heavy atom. The first-order chi connectivity index (χ1) is 16.4. The highest BCUT2D eigenvalue weighted by Gasteiger charge is 2.56. The van der Waals surface area contributed by atoms with E-state index in [-0.39, 0.29) is 6.42 Å². The molecule has 1 saturated heterocycles. The monoisotopic (exact) mass is 489 g/mol. The summed E-state index contributed by atoms with van der Waals surface area (Å²) in [6.07, 6.45) is 12.1. The van der Waals surface area contributed by atoms with Crippen molar-refractivity contribution >= 4 is 5.78 Å². The predicted molar refractivity (Wildman–Crippen MR) is 133 cm³/mol. The number of aliphatic hydroxyl groups is 4. The van der Waals surface area contributed by atoms with E-state index in [2.05, 4.69) is 12.2 Å². The number of nitrogens with one attached hydrogen (secondary N) is 1. The van der Waals surface area contributed by atoms with Crippen molar-refractivity contribution in [1.82, 2.24) is 5.32 Å². The summed E-state index contributed by atoms with van der Waals surface area (Å²) in [5.74, 6) is -2.83. The lowest BCUT2D eigenvalue weighted by Crippen LogP contribution is -2.72. The summed E-state index contributed by atoms with van der Waals surface area (Å²) in [5.41, 5.74) is 0. The van der Waals surface area contributed by atoms with Crippen molar-refractivity contribution in [2.24, 2.45) is 0 Å². The van der Waals surface area contributed by atoms with Gasteiger partial charge in [-0.05, 0) is 19.4 Å². The van der Waals surface area contributed by atoms with E-state index in [1.807, 2.05) is 0 Å². The molecule has 8 nitrogen and oxygen atoms in total. The average Bonchev–Trinajstić information content (AvgIpc) is 2.83. The van der Waals surface area contributed by atoms with Gasteiger partial charge in [-0.3, -0.25) is 4.79 Å². The molecule has 5 N–H and O–H groups in total. The number of hydrogen-bond donors (Lipinski definition) is 5. The summed E-state index contributed by atoms with van der Waals surface area (Å²) < 4.78 is 10.5. The van der Waals surface area contributed by atoms with E-state index < -0.39 is 42.5 Å². The van der Waals surface area contributed by atoms with E-state index in [1.54, 1.807) is 7.11 Å². The molecule has 0 aromatic carbocycles. The molecule has 0 spiro atoms. The van der Waals surface area contributed by atoms with Crippen molar-refractivity contribution in [2.45, 2.75) is 133 Å². The fraction of sp³-hybridized carbons (Fsp3) is 0.962. The smallest absolute Gasteiger partial charge is 0.245 e. The van der Waals surface area contributed by atoms with Gasteiger partial charge in [-0.1, -0.05) is 84.0 Å². The topological polar surface area (TPSA) is 128 Å². The van der Waals surface area contributed by atoms with E-state index in [0.717, 1.165) is 19.3 Å². The van der Waals surface area contributed by atoms with Crippen molar-refractivity contribution in [2.75, 3.05) is 26.9 Å². The van der Waals surface area contributed by atoms with E-state index in [9.17, 15) is 25.2 Å². The molecule has 0 saturated carbocycles. The summed E-state index contributed by atoms with van der Waals surface area (Å²) in [7, 11) is 1.57. The van der Waals surface area contributed by atoms with Crippen molar-refractivity contribution in [3.63, 3.8) is 0 Å². The van der Waals surface area contributed by atoms with Crippen LogP contribution in [0.5, 0.6) is 0 Å². The summed E-state index contributed by atoms with van der Waals surface area (Å²) in [6, 6.07) is -1.18. The molecule has 8 heteroatoms. The Kier molecular flexibility index (Phi) is 17.2. The SMILES string of the molecule is CCCCCCCCCCCCCCCC(=O)C1(O)O[C@H](CO)[C@@H](O)[C@H](O)[C@H]1NCCCOC. The van der Waals surface area contributed by atoms with Crippen LogP contribution >= 0.6 is 0 Å². The van der Waals surface area contributed by atoms with E-state index in [1.165, 1.54) is 57.8 Å². The quantitative estimate of drug-likeness (QED) is 0.156. The van der Waals surface area contributed by atoms with Crippen molar-refractivity contribution in [1.29, 1.82) is 0 Å². The Morgan fingerprint density at radius 1 is 0.882 bits per heavy atom. The van der Waals surface area contributed by atoms with Gasteiger partial charge in [-0.2, -0.15) is 0 Å². The lowest BCUT2D eigenvalue weighted by atomic mass is 9.86. The molecule has 0 amide bonds. The van der Waals surface area contributed by atoms with Gasteiger partial charge in [0.15, 0.2) is 5.78 Å². The van der Waals surface area contributed by atoms with Crippen LogP contribution in [-0.2, 0) is 14.3 Å². The number of ketones is 1. The summed E-state index contributed by atoms with van der Waals surface area (Å²) in [5, 5.41) is 44.2. The molecule has 0 aliphatic carbocycles. The molecule has 1 aliphatic heterocycles. The van der Waals surface area contributed by atoms with E-state index in [4.69, 9.17) is 9.47 Å². The van der Waals surface area contributed by atoms with Gasteiger partial charge in [0.05, 0.1) is 12.6 Å². The Morgan fingerprint density at radius 3 is 1.91 bits per heavy atom. The average molecular weight is 490 g/mol. The summed E-state index contributed by atoms with van der Waals surface area (Å²) >= 11 is 0. The Balaban J connectivity index is 2.35. The number of carbonyl (C=O) groups excluding carboxylic acids is 1. The molecular weight excluding hydrogens is 438 g/mol. The van der Waals surface area contributed by atoms with Gasteiger partial charge in [-0.25, -0.2) is 0 Å². The summed E-state index contributed by atoms with van der Waals surface area (Å²) in [4.78, 5) is 12.9. The summed E-state index contributed by atoms with van der Waals surface area (Å²) in [6.45, 7) is 2.47. The zero-order valence-electron chi connectivity index (χ0n) is 21.6. The molecule has 1 heterocycles. The molecule has 0 aromatic rings. The first-order valence-electron chi connectivity index (χ1n) is 13.5. The molecule has 1 rings (SSSR count). The van der Waals surface area contributed by atoms with Crippen LogP contribution in [0.15, 0.2) is 0 Å². The second kappa shape index (κ2) is 18.6. The van der Waals surface area contributed by atoms with Crippen LogP contribution in [0.3, 0.4) is 0 Å². The largest absolute Gasteiger partial charge is 0.394 e.